The summed E-state index contributed by atoms with van der Waals surface area (Å²) in [6.07, 6.45) is -2.78. The molecule has 0 fully saturated rings. The van der Waals surface area contributed by atoms with Crippen LogP contribution in [0.5, 0.6) is 0 Å². The third-order valence-corrected chi connectivity index (χ3v) is 3.65. The zero-order valence-electron chi connectivity index (χ0n) is 8.48. The van der Waals surface area contributed by atoms with E-state index >= 15 is 0 Å². The summed E-state index contributed by atoms with van der Waals surface area (Å²) in [5, 5.41) is 1.05. The Morgan fingerprint density at radius 3 is 2.53 bits per heavy atom. The van der Waals surface area contributed by atoms with Crippen LogP contribution in [0.25, 0.3) is 10.8 Å². The lowest BCUT2D eigenvalue weighted by molar-refractivity contribution is 0.149. The molecule has 90 valence electrons. The van der Waals surface area contributed by atoms with E-state index in [9.17, 15) is 13.2 Å². The molecule has 0 aliphatic heterocycles. The van der Waals surface area contributed by atoms with Gasteiger partial charge in [0.1, 0.15) is 6.67 Å². The molecule has 0 bridgehead atoms. The maximum Gasteiger partial charge on any atom is 0.265 e. The van der Waals surface area contributed by atoms with Crippen molar-refractivity contribution in [3.63, 3.8) is 0 Å². The molecule has 0 unspecified atom stereocenters. The van der Waals surface area contributed by atoms with Crippen molar-refractivity contribution in [3.8, 4) is 0 Å². The smallest absolute Gasteiger partial charge is 0.246 e. The van der Waals surface area contributed by atoms with Crippen molar-refractivity contribution < 1.29 is 13.2 Å². The molecule has 0 saturated carbocycles. The van der Waals surface area contributed by atoms with Crippen molar-refractivity contribution in [2.24, 2.45) is 0 Å². The molecule has 0 spiro atoms. The number of fused-ring (bicyclic) bond motifs is 1. The fourth-order valence-electron chi connectivity index (χ4n) is 1.76. The van der Waals surface area contributed by atoms with Crippen molar-refractivity contribution in [1.29, 1.82) is 0 Å². The van der Waals surface area contributed by atoms with Crippen LogP contribution >= 0.6 is 27.5 Å². The molecule has 0 heterocycles. The van der Waals surface area contributed by atoms with Gasteiger partial charge in [-0.3, -0.25) is 0 Å². The molecule has 0 N–H and O–H groups in total. The largest absolute Gasteiger partial charge is 0.265 e. The molecule has 5 heteroatoms. The quantitative estimate of drug-likeness (QED) is 0.668. The molecule has 0 atom stereocenters. The number of alkyl halides is 3. The van der Waals surface area contributed by atoms with E-state index in [-0.39, 0.29) is 10.6 Å². The standard InChI is InChI=1S/C12H7BrClF3/c13-9-3-1-2-7-8(9)4-6(5-15)10(11(7)14)12(16)17/h1-4,12H,5H2. The van der Waals surface area contributed by atoms with Crippen LogP contribution in [0.2, 0.25) is 5.02 Å². The molecule has 17 heavy (non-hydrogen) atoms. The van der Waals surface area contributed by atoms with Crippen molar-refractivity contribution in [2.45, 2.75) is 13.1 Å². The Labute approximate surface area is 110 Å². The van der Waals surface area contributed by atoms with Crippen molar-refractivity contribution in [3.05, 3.63) is 44.9 Å². The Morgan fingerprint density at radius 2 is 1.94 bits per heavy atom. The van der Waals surface area contributed by atoms with Gasteiger partial charge in [-0.1, -0.05) is 39.7 Å². The van der Waals surface area contributed by atoms with Crippen LogP contribution in [-0.4, -0.2) is 0 Å². The molecule has 2 rings (SSSR count). The zero-order chi connectivity index (χ0) is 12.6. The number of hydrogen-bond acceptors (Lipinski definition) is 0. The lowest BCUT2D eigenvalue weighted by Crippen LogP contribution is -1.95. The van der Waals surface area contributed by atoms with Gasteiger partial charge in [0.2, 0.25) is 0 Å². The summed E-state index contributed by atoms with van der Waals surface area (Å²) in [4.78, 5) is 0. The predicted molar refractivity (Wildman–Crippen MR) is 66.4 cm³/mol. The first kappa shape index (κ1) is 12.7. The second kappa shape index (κ2) is 4.86. The minimum absolute atomic E-state index is 0.0654. The van der Waals surface area contributed by atoms with Gasteiger partial charge in [-0.05, 0) is 23.1 Å². The van der Waals surface area contributed by atoms with Crippen LogP contribution in [0.3, 0.4) is 0 Å². The first-order valence-electron chi connectivity index (χ1n) is 4.80. The van der Waals surface area contributed by atoms with E-state index in [4.69, 9.17) is 11.6 Å². The highest BCUT2D eigenvalue weighted by Crippen LogP contribution is 2.39. The molecule has 0 aliphatic rings. The predicted octanol–water partition coefficient (Wildman–Crippen LogP) is 5.66. The van der Waals surface area contributed by atoms with Crippen LogP contribution in [0.1, 0.15) is 17.6 Å². The molecule has 0 nitrogen and oxygen atoms in total. The van der Waals surface area contributed by atoms with Gasteiger partial charge in [-0.15, -0.1) is 0 Å². The normalized spacial score (nSPS) is 11.4. The van der Waals surface area contributed by atoms with Gasteiger partial charge in [0.25, 0.3) is 6.43 Å². The second-order valence-corrected chi connectivity index (χ2v) is 4.76. The summed E-state index contributed by atoms with van der Waals surface area (Å²) in [7, 11) is 0. The van der Waals surface area contributed by atoms with Gasteiger partial charge >= 0.3 is 0 Å². The maximum absolute atomic E-state index is 12.8. The summed E-state index contributed by atoms with van der Waals surface area (Å²) >= 11 is 9.21. The molecule has 0 aromatic heterocycles. The molecule has 0 radical (unpaired) electrons. The lowest BCUT2D eigenvalue weighted by Gasteiger charge is -2.12. The van der Waals surface area contributed by atoms with Gasteiger partial charge in [-0.25, -0.2) is 13.2 Å². The molecule has 0 amide bonds. The third-order valence-electron chi connectivity index (χ3n) is 2.55. The van der Waals surface area contributed by atoms with E-state index in [1.54, 1.807) is 18.2 Å². The summed E-state index contributed by atoms with van der Waals surface area (Å²) in [5.41, 5.74) is -0.482. The fraction of sp³-hybridized carbons (Fsp3) is 0.167. The number of halogens is 5. The van der Waals surface area contributed by atoms with E-state index in [1.807, 2.05) is 0 Å². The van der Waals surface area contributed by atoms with E-state index in [0.29, 0.717) is 15.2 Å². The van der Waals surface area contributed by atoms with E-state index in [0.717, 1.165) is 0 Å². The average Bonchev–Trinajstić information content (AvgIpc) is 2.29. The van der Waals surface area contributed by atoms with Gasteiger partial charge < -0.3 is 0 Å². The van der Waals surface area contributed by atoms with Gasteiger partial charge in [0, 0.05) is 15.4 Å². The van der Waals surface area contributed by atoms with E-state index in [1.165, 1.54) is 6.07 Å². The van der Waals surface area contributed by atoms with Crippen LogP contribution in [-0.2, 0) is 6.67 Å². The van der Waals surface area contributed by atoms with Crippen LogP contribution in [0, 0.1) is 0 Å². The topological polar surface area (TPSA) is 0 Å². The highest BCUT2D eigenvalue weighted by molar-refractivity contribution is 9.10. The minimum Gasteiger partial charge on any atom is -0.246 e. The van der Waals surface area contributed by atoms with Gasteiger partial charge in [-0.2, -0.15) is 0 Å². The number of benzene rings is 2. The monoisotopic (exact) mass is 322 g/mol. The highest BCUT2D eigenvalue weighted by Gasteiger charge is 2.20. The summed E-state index contributed by atoms with van der Waals surface area (Å²) in [6.45, 7) is -0.962. The van der Waals surface area contributed by atoms with Crippen molar-refractivity contribution >= 4 is 38.3 Å². The van der Waals surface area contributed by atoms with E-state index < -0.39 is 18.7 Å². The molecular weight excluding hydrogens is 316 g/mol. The molecule has 2 aromatic carbocycles. The van der Waals surface area contributed by atoms with Crippen LogP contribution in [0.15, 0.2) is 28.7 Å². The van der Waals surface area contributed by atoms with Gasteiger partial charge in [0.15, 0.2) is 0 Å². The second-order valence-electron chi connectivity index (χ2n) is 3.53. The Morgan fingerprint density at radius 1 is 1.24 bits per heavy atom. The van der Waals surface area contributed by atoms with E-state index in [2.05, 4.69) is 15.9 Å². The first-order valence-corrected chi connectivity index (χ1v) is 5.97. The average molecular weight is 324 g/mol. The van der Waals surface area contributed by atoms with Crippen molar-refractivity contribution in [1.82, 2.24) is 0 Å². The third kappa shape index (κ3) is 2.16. The first-order chi connectivity index (χ1) is 8.06. The Bertz CT molecular complexity index is 569. The van der Waals surface area contributed by atoms with Crippen molar-refractivity contribution in [2.75, 3.05) is 0 Å². The summed E-state index contributed by atoms with van der Waals surface area (Å²) < 4.78 is 39.2. The van der Waals surface area contributed by atoms with Gasteiger partial charge in [0.05, 0.1) is 5.02 Å². The Balaban J connectivity index is 2.88. The molecule has 0 saturated heterocycles. The minimum atomic E-state index is -2.78. The lowest BCUT2D eigenvalue weighted by atomic mass is 10.0. The van der Waals surface area contributed by atoms with Crippen LogP contribution < -0.4 is 0 Å². The zero-order valence-corrected chi connectivity index (χ0v) is 10.8. The highest BCUT2D eigenvalue weighted by atomic mass is 79.9. The number of rotatable bonds is 2. The summed E-state index contributed by atoms with van der Waals surface area (Å²) in [5.74, 6) is 0. The SMILES string of the molecule is FCc1cc2c(Br)cccc2c(Cl)c1C(F)F. The Kier molecular flexibility index (Phi) is 3.64. The molecule has 0 aliphatic carbocycles. The Hall–Kier alpha value is -0.740. The summed E-state index contributed by atoms with van der Waals surface area (Å²) in [6, 6.07) is 6.49. The molecule has 2 aromatic rings. The molecular formula is C12H7BrClF3. The number of hydrogen-bond donors (Lipinski definition) is 0. The maximum atomic E-state index is 12.8. The van der Waals surface area contributed by atoms with Crippen LogP contribution in [0.4, 0.5) is 13.2 Å². The fourth-order valence-corrected chi connectivity index (χ4v) is 2.61.